The first-order valence-electron chi connectivity index (χ1n) is 13.8. The number of aryl methyl sites for hydroxylation is 1. The molecule has 3 rings (SSSR count). The number of nitrogens with zero attached hydrogens (tertiary/aromatic N) is 2. The fourth-order valence-corrected chi connectivity index (χ4v) is 5.06. The van der Waals surface area contributed by atoms with E-state index in [1.165, 1.54) is 15.4 Å². The Morgan fingerprint density at radius 1 is 1.02 bits per heavy atom. The Balaban J connectivity index is 1.70. The third kappa shape index (κ3) is 8.32. The zero-order chi connectivity index (χ0) is 29.4. The van der Waals surface area contributed by atoms with Crippen LogP contribution in [-0.4, -0.2) is 77.0 Å². The maximum atomic E-state index is 13.9. The standard InChI is InChI=1S/C30H40F2N4O4/c1-5-20-8-7-9-21(10-20)15-33-16-27(37)25(13-22-11-23(31)14-24(32)12-22)34-28(38)18-35-17-26(19(3)4)36(6-2)30(40)29(35)39/h7-12,14,19,25-27,33,37H,5-6,13,15-18H2,1-4H3,(H,34,38)/t25-,26-,27+/m0/s1. The topological polar surface area (TPSA) is 102 Å². The van der Waals surface area contributed by atoms with Crippen LogP contribution in [0.1, 0.15) is 44.4 Å². The second kappa shape index (κ2) is 14.3. The minimum absolute atomic E-state index is 0.0420. The van der Waals surface area contributed by atoms with Crippen LogP contribution in [0.25, 0.3) is 0 Å². The van der Waals surface area contributed by atoms with E-state index in [4.69, 9.17) is 0 Å². The van der Waals surface area contributed by atoms with Crippen molar-refractivity contribution in [1.82, 2.24) is 20.4 Å². The van der Waals surface area contributed by atoms with Gasteiger partial charge >= 0.3 is 11.8 Å². The lowest BCUT2D eigenvalue weighted by molar-refractivity contribution is -0.160. The molecule has 218 valence electrons. The molecule has 0 aliphatic carbocycles. The van der Waals surface area contributed by atoms with E-state index in [0.717, 1.165) is 30.2 Å². The van der Waals surface area contributed by atoms with Crippen LogP contribution in [0.2, 0.25) is 0 Å². The van der Waals surface area contributed by atoms with E-state index in [2.05, 4.69) is 23.6 Å². The summed E-state index contributed by atoms with van der Waals surface area (Å²) in [7, 11) is 0. The second-order valence-electron chi connectivity index (χ2n) is 10.6. The molecule has 40 heavy (non-hydrogen) atoms. The Morgan fingerprint density at radius 3 is 2.33 bits per heavy atom. The number of piperazine rings is 1. The highest BCUT2D eigenvalue weighted by Crippen LogP contribution is 2.19. The van der Waals surface area contributed by atoms with Gasteiger partial charge in [0.2, 0.25) is 5.91 Å². The highest BCUT2D eigenvalue weighted by Gasteiger charge is 2.40. The molecule has 1 aliphatic heterocycles. The Hall–Kier alpha value is -3.37. The predicted molar refractivity (Wildman–Crippen MR) is 148 cm³/mol. The number of amides is 3. The van der Waals surface area contributed by atoms with Crippen molar-refractivity contribution in [3.8, 4) is 0 Å². The molecule has 1 aliphatic rings. The summed E-state index contributed by atoms with van der Waals surface area (Å²) in [6, 6.07) is 9.94. The summed E-state index contributed by atoms with van der Waals surface area (Å²) >= 11 is 0. The van der Waals surface area contributed by atoms with E-state index in [1.807, 2.05) is 32.0 Å². The number of aliphatic hydroxyl groups excluding tert-OH is 1. The minimum atomic E-state index is -1.11. The van der Waals surface area contributed by atoms with Gasteiger partial charge in [-0.1, -0.05) is 45.0 Å². The Kier molecular flexibility index (Phi) is 11.2. The molecule has 3 atom stereocenters. The lowest BCUT2D eigenvalue weighted by Crippen LogP contribution is -2.62. The van der Waals surface area contributed by atoms with E-state index in [0.29, 0.717) is 13.1 Å². The predicted octanol–water partition coefficient (Wildman–Crippen LogP) is 2.42. The molecule has 10 heteroatoms. The van der Waals surface area contributed by atoms with Gasteiger partial charge in [0.05, 0.1) is 18.2 Å². The first-order chi connectivity index (χ1) is 19.0. The van der Waals surface area contributed by atoms with Gasteiger partial charge in [0.1, 0.15) is 18.2 Å². The number of aliphatic hydroxyl groups is 1. The summed E-state index contributed by atoms with van der Waals surface area (Å²) < 4.78 is 27.7. The van der Waals surface area contributed by atoms with E-state index >= 15 is 0 Å². The van der Waals surface area contributed by atoms with Gasteiger partial charge in [-0.2, -0.15) is 0 Å². The summed E-state index contributed by atoms with van der Waals surface area (Å²) in [5.41, 5.74) is 2.49. The molecule has 3 amide bonds. The Morgan fingerprint density at radius 2 is 1.70 bits per heavy atom. The molecule has 0 aromatic heterocycles. The lowest BCUT2D eigenvalue weighted by atomic mass is 9.98. The lowest BCUT2D eigenvalue weighted by Gasteiger charge is -2.41. The third-order valence-corrected chi connectivity index (χ3v) is 7.25. The molecule has 0 saturated carbocycles. The molecule has 3 N–H and O–H groups in total. The van der Waals surface area contributed by atoms with Gasteiger partial charge in [0, 0.05) is 32.2 Å². The first-order valence-corrected chi connectivity index (χ1v) is 13.8. The molecule has 1 fully saturated rings. The highest BCUT2D eigenvalue weighted by molar-refractivity contribution is 6.35. The molecular formula is C30H40F2N4O4. The fourth-order valence-electron chi connectivity index (χ4n) is 5.06. The number of rotatable bonds is 13. The molecule has 0 spiro atoms. The Bertz CT molecular complexity index is 1170. The van der Waals surface area contributed by atoms with E-state index in [9.17, 15) is 28.3 Å². The number of hydrogen-bond acceptors (Lipinski definition) is 5. The van der Waals surface area contributed by atoms with Crippen LogP contribution in [0.5, 0.6) is 0 Å². The van der Waals surface area contributed by atoms with Gasteiger partial charge < -0.3 is 25.5 Å². The van der Waals surface area contributed by atoms with Crippen LogP contribution in [0, 0.1) is 17.6 Å². The quantitative estimate of drug-likeness (QED) is 0.328. The summed E-state index contributed by atoms with van der Waals surface area (Å²) in [5, 5.41) is 16.9. The average Bonchev–Trinajstić information content (AvgIpc) is 2.90. The first kappa shape index (κ1) is 31.2. The van der Waals surface area contributed by atoms with E-state index in [-0.39, 0.29) is 43.6 Å². The van der Waals surface area contributed by atoms with Crippen molar-refractivity contribution in [2.24, 2.45) is 5.92 Å². The van der Waals surface area contributed by atoms with Crippen molar-refractivity contribution in [2.75, 3.05) is 26.2 Å². The van der Waals surface area contributed by atoms with Crippen LogP contribution in [0.15, 0.2) is 42.5 Å². The number of halogens is 2. The summed E-state index contributed by atoms with van der Waals surface area (Å²) in [5.74, 6) is -3.44. The van der Waals surface area contributed by atoms with Gasteiger partial charge in [-0.25, -0.2) is 8.78 Å². The van der Waals surface area contributed by atoms with Crippen LogP contribution in [0.3, 0.4) is 0 Å². The SMILES string of the molecule is CCc1cccc(CNC[C@@H](O)[C@H](Cc2cc(F)cc(F)c2)NC(=O)CN2C[C@@H](C(C)C)N(CC)C(=O)C2=O)c1. The van der Waals surface area contributed by atoms with Gasteiger partial charge in [0.25, 0.3) is 0 Å². The van der Waals surface area contributed by atoms with Gasteiger partial charge in [-0.3, -0.25) is 14.4 Å². The van der Waals surface area contributed by atoms with Crippen LogP contribution >= 0.6 is 0 Å². The van der Waals surface area contributed by atoms with Crippen LogP contribution in [-0.2, 0) is 33.8 Å². The smallest absolute Gasteiger partial charge is 0.312 e. The molecular weight excluding hydrogens is 518 g/mol. The van der Waals surface area contributed by atoms with Gasteiger partial charge in [-0.05, 0) is 54.5 Å². The number of hydrogen-bond donors (Lipinski definition) is 3. The number of carbonyl (C=O) groups is 3. The zero-order valence-corrected chi connectivity index (χ0v) is 23.6. The minimum Gasteiger partial charge on any atom is -0.390 e. The molecule has 1 heterocycles. The maximum absolute atomic E-state index is 13.9. The number of carbonyl (C=O) groups excluding carboxylic acids is 3. The zero-order valence-electron chi connectivity index (χ0n) is 23.6. The summed E-state index contributed by atoms with van der Waals surface area (Å²) in [4.78, 5) is 41.2. The third-order valence-electron chi connectivity index (χ3n) is 7.25. The van der Waals surface area contributed by atoms with Crippen LogP contribution in [0.4, 0.5) is 8.78 Å². The number of likely N-dealkylation sites (N-methyl/N-ethyl adjacent to an activating group) is 1. The largest absolute Gasteiger partial charge is 0.390 e. The van der Waals surface area contributed by atoms with E-state index in [1.54, 1.807) is 6.92 Å². The Labute approximate surface area is 234 Å². The summed E-state index contributed by atoms with van der Waals surface area (Å²) in [6.45, 7) is 8.58. The normalized spacial score (nSPS) is 17.4. The molecule has 0 bridgehead atoms. The maximum Gasteiger partial charge on any atom is 0.312 e. The summed E-state index contributed by atoms with van der Waals surface area (Å²) in [6.07, 6.45) is -0.254. The van der Waals surface area contributed by atoms with Gasteiger partial charge in [0.15, 0.2) is 0 Å². The van der Waals surface area contributed by atoms with Crippen molar-refractivity contribution in [2.45, 2.75) is 65.3 Å². The van der Waals surface area contributed by atoms with Crippen LogP contribution < -0.4 is 10.6 Å². The van der Waals surface area contributed by atoms with Crippen molar-refractivity contribution in [3.05, 3.63) is 70.8 Å². The van der Waals surface area contributed by atoms with Crippen molar-refractivity contribution in [3.63, 3.8) is 0 Å². The second-order valence-corrected chi connectivity index (χ2v) is 10.6. The molecule has 2 aromatic carbocycles. The van der Waals surface area contributed by atoms with Crippen molar-refractivity contribution >= 4 is 17.7 Å². The molecule has 0 radical (unpaired) electrons. The monoisotopic (exact) mass is 558 g/mol. The van der Waals surface area contributed by atoms with Crippen molar-refractivity contribution in [1.29, 1.82) is 0 Å². The fraction of sp³-hybridized carbons (Fsp3) is 0.500. The molecule has 0 unspecified atom stereocenters. The van der Waals surface area contributed by atoms with Gasteiger partial charge in [-0.15, -0.1) is 0 Å². The van der Waals surface area contributed by atoms with E-state index < -0.39 is 41.5 Å². The number of benzene rings is 2. The van der Waals surface area contributed by atoms with Crippen molar-refractivity contribution < 1.29 is 28.3 Å². The average molecular weight is 559 g/mol. The molecule has 1 saturated heterocycles. The number of nitrogens with one attached hydrogen (secondary N) is 2. The molecule has 2 aromatic rings. The highest BCUT2D eigenvalue weighted by atomic mass is 19.1. The molecule has 8 nitrogen and oxygen atoms in total.